The summed E-state index contributed by atoms with van der Waals surface area (Å²) in [6.07, 6.45) is 8.22. The maximum atomic E-state index is 5.57. The Hall–Kier alpha value is -2.16. The van der Waals surface area contributed by atoms with Gasteiger partial charge in [0, 0.05) is 13.1 Å². The third-order valence-corrected chi connectivity index (χ3v) is 3.12. The van der Waals surface area contributed by atoms with Gasteiger partial charge in [0.15, 0.2) is 0 Å². The molecule has 0 heterocycles. The molecule has 0 aromatic heterocycles. The van der Waals surface area contributed by atoms with Gasteiger partial charge in [0.25, 0.3) is 0 Å². The van der Waals surface area contributed by atoms with E-state index in [4.69, 9.17) is 11.5 Å². The normalized spacial score (nSPS) is 11.5. The zero-order valence-corrected chi connectivity index (χ0v) is 11.5. The Labute approximate surface area is 120 Å². The topological polar surface area (TPSA) is 52.0 Å². The Morgan fingerprint density at radius 3 is 1.25 bits per heavy atom. The highest BCUT2D eigenvalue weighted by Gasteiger charge is 1.89. The molecule has 0 fully saturated rings. The highest BCUT2D eigenvalue weighted by atomic mass is 14.5. The van der Waals surface area contributed by atoms with Crippen molar-refractivity contribution >= 4 is 12.2 Å². The van der Waals surface area contributed by atoms with E-state index in [0.717, 1.165) is 11.1 Å². The average Bonchev–Trinajstić information content (AvgIpc) is 2.53. The molecule has 2 aromatic carbocycles. The van der Waals surface area contributed by atoms with Crippen LogP contribution in [0.2, 0.25) is 0 Å². The summed E-state index contributed by atoms with van der Waals surface area (Å²) in [5.74, 6) is 0. The minimum atomic E-state index is 0.586. The Morgan fingerprint density at radius 2 is 0.950 bits per heavy atom. The van der Waals surface area contributed by atoms with Gasteiger partial charge in [-0.1, -0.05) is 72.8 Å². The first-order valence-electron chi connectivity index (χ1n) is 6.74. The van der Waals surface area contributed by atoms with Gasteiger partial charge in [-0.25, -0.2) is 0 Å². The summed E-state index contributed by atoms with van der Waals surface area (Å²) >= 11 is 0. The molecule has 0 aliphatic heterocycles. The number of benzene rings is 2. The summed E-state index contributed by atoms with van der Waals surface area (Å²) in [5, 5.41) is 0. The minimum Gasteiger partial charge on any atom is -0.326 e. The lowest BCUT2D eigenvalue weighted by molar-refractivity contribution is 1.07. The summed E-state index contributed by atoms with van der Waals surface area (Å²) in [4.78, 5) is 0. The van der Waals surface area contributed by atoms with Crippen molar-refractivity contribution in [3.63, 3.8) is 0 Å². The van der Waals surface area contributed by atoms with E-state index in [1.807, 2.05) is 12.2 Å². The predicted molar refractivity (Wildman–Crippen MR) is 86.7 cm³/mol. The first-order valence-corrected chi connectivity index (χ1v) is 6.74. The molecule has 4 N–H and O–H groups in total. The molecule has 2 nitrogen and oxygen atoms in total. The molecular weight excluding hydrogens is 244 g/mol. The van der Waals surface area contributed by atoms with Crippen molar-refractivity contribution in [1.82, 2.24) is 0 Å². The first-order chi connectivity index (χ1) is 9.81. The summed E-state index contributed by atoms with van der Waals surface area (Å²) in [7, 11) is 0. The van der Waals surface area contributed by atoms with Crippen LogP contribution in [0.1, 0.15) is 22.3 Å². The zero-order valence-electron chi connectivity index (χ0n) is 11.5. The molecule has 0 saturated heterocycles. The van der Waals surface area contributed by atoms with E-state index in [1.54, 1.807) is 0 Å². The fourth-order valence-electron chi connectivity index (χ4n) is 1.86. The number of hydrogen-bond donors (Lipinski definition) is 2. The molecule has 2 heteroatoms. The number of hydrogen-bond acceptors (Lipinski definition) is 2. The maximum Gasteiger partial charge on any atom is 0.0178 e. The molecule has 20 heavy (non-hydrogen) atoms. The van der Waals surface area contributed by atoms with Crippen molar-refractivity contribution in [2.24, 2.45) is 11.5 Å². The Bertz CT molecular complexity index is 522. The summed E-state index contributed by atoms with van der Waals surface area (Å²) < 4.78 is 0. The molecule has 102 valence electrons. The molecule has 0 radical (unpaired) electrons. The van der Waals surface area contributed by atoms with E-state index in [0.29, 0.717) is 13.1 Å². The third kappa shape index (κ3) is 4.19. The lowest BCUT2D eigenvalue weighted by atomic mass is 10.1. The van der Waals surface area contributed by atoms with Gasteiger partial charge in [-0.3, -0.25) is 0 Å². The summed E-state index contributed by atoms with van der Waals surface area (Å²) in [6, 6.07) is 16.5. The minimum absolute atomic E-state index is 0.586. The fourth-order valence-corrected chi connectivity index (χ4v) is 1.86. The van der Waals surface area contributed by atoms with Crippen LogP contribution in [0, 0.1) is 0 Å². The highest BCUT2D eigenvalue weighted by Crippen LogP contribution is 2.08. The second-order valence-electron chi connectivity index (χ2n) is 4.61. The van der Waals surface area contributed by atoms with Crippen molar-refractivity contribution in [3.8, 4) is 0 Å². The van der Waals surface area contributed by atoms with Crippen LogP contribution < -0.4 is 11.5 Å². The lowest BCUT2D eigenvalue weighted by Crippen LogP contribution is -1.95. The summed E-state index contributed by atoms with van der Waals surface area (Å²) in [6.45, 7) is 1.17. The fraction of sp³-hybridized carbons (Fsp3) is 0.111. The quantitative estimate of drug-likeness (QED) is 0.814. The molecule has 0 amide bonds. The molecule has 0 aliphatic rings. The molecule has 0 atom stereocenters. The molecule has 0 saturated carbocycles. The van der Waals surface area contributed by atoms with E-state index < -0.39 is 0 Å². The molecular formula is C18H20N2. The van der Waals surface area contributed by atoms with Crippen molar-refractivity contribution in [2.75, 3.05) is 0 Å². The first kappa shape index (κ1) is 14.3. The van der Waals surface area contributed by atoms with Crippen molar-refractivity contribution in [2.45, 2.75) is 13.1 Å². The second kappa shape index (κ2) is 7.43. The zero-order chi connectivity index (χ0) is 14.2. The van der Waals surface area contributed by atoms with Crippen LogP contribution in [0.3, 0.4) is 0 Å². The number of rotatable bonds is 5. The van der Waals surface area contributed by atoms with Crippen molar-refractivity contribution < 1.29 is 0 Å². The van der Waals surface area contributed by atoms with Gasteiger partial charge in [-0.15, -0.1) is 0 Å². The van der Waals surface area contributed by atoms with Crippen LogP contribution in [0.15, 0.2) is 60.7 Å². The van der Waals surface area contributed by atoms with Crippen LogP contribution in [0.25, 0.3) is 12.2 Å². The largest absolute Gasteiger partial charge is 0.326 e. The van der Waals surface area contributed by atoms with Crippen molar-refractivity contribution in [1.29, 1.82) is 0 Å². The van der Waals surface area contributed by atoms with E-state index in [9.17, 15) is 0 Å². The van der Waals surface area contributed by atoms with Crippen LogP contribution in [-0.2, 0) is 13.1 Å². The average molecular weight is 264 g/mol. The van der Waals surface area contributed by atoms with Gasteiger partial charge >= 0.3 is 0 Å². The maximum absolute atomic E-state index is 5.57. The molecule has 2 aromatic rings. The smallest absolute Gasteiger partial charge is 0.0178 e. The molecule has 0 aliphatic carbocycles. The van der Waals surface area contributed by atoms with Gasteiger partial charge in [-0.05, 0) is 22.3 Å². The standard InChI is InChI=1S/C18H20N2/c19-13-17-9-5-15(6-10-17)3-1-2-4-16-7-11-18(14-20)12-8-16/h1-12H,13-14,19-20H2/b3-1+,4-2+. The van der Waals surface area contributed by atoms with Gasteiger partial charge in [-0.2, -0.15) is 0 Å². The predicted octanol–water partition coefficient (Wildman–Crippen LogP) is 3.33. The molecule has 0 spiro atoms. The van der Waals surface area contributed by atoms with Crippen molar-refractivity contribution in [3.05, 3.63) is 82.9 Å². The second-order valence-corrected chi connectivity index (χ2v) is 4.61. The van der Waals surface area contributed by atoms with Crippen LogP contribution in [0.5, 0.6) is 0 Å². The van der Waals surface area contributed by atoms with Crippen LogP contribution >= 0.6 is 0 Å². The Morgan fingerprint density at radius 1 is 0.600 bits per heavy atom. The van der Waals surface area contributed by atoms with E-state index in [1.165, 1.54) is 11.1 Å². The van der Waals surface area contributed by atoms with Gasteiger partial charge in [0.05, 0.1) is 0 Å². The third-order valence-electron chi connectivity index (χ3n) is 3.12. The Kier molecular flexibility index (Phi) is 5.30. The van der Waals surface area contributed by atoms with Gasteiger partial charge in [0.1, 0.15) is 0 Å². The molecule has 0 bridgehead atoms. The van der Waals surface area contributed by atoms with Crippen LogP contribution in [-0.4, -0.2) is 0 Å². The molecule has 0 unspecified atom stereocenters. The number of nitrogens with two attached hydrogens (primary N) is 2. The van der Waals surface area contributed by atoms with Gasteiger partial charge in [0.2, 0.25) is 0 Å². The highest BCUT2D eigenvalue weighted by molar-refractivity contribution is 5.57. The lowest BCUT2D eigenvalue weighted by Gasteiger charge is -1.97. The SMILES string of the molecule is NCc1ccc(/C=C/C=C/c2ccc(CN)cc2)cc1. The van der Waals surface area contributed by atoms with E-state index >= 15 is 0 Å². The Balaban J connectivity index is 1.95. The number of allylic oxidation sites excluding steroid dienone is 2. The molecule has 2 rings (SSSR count). The van der Waals surface area contributed by atoms with Crippen LogP contribution in [0.4, 0.5) is 0 Å². The van der Waals surface area contributed by atoms with Gasteiger partial charge < -0.3 is 11.5 Å². The van der Waals surface area contributed by atoms with E-state index in [2.05, 4.69) is 60.7 Å². The summed E-state index contributed by atoms with van der Waals surface area (Å²) in [5.41, 5.74) is 15.8. The van der Waals surface area contributed by atoms with E-state index in [-0.39, 0.29) is 0 Å². The monoisotopic (exact) mass is 264 g/mol.